The summed E-state index contributed by atoms with van der Waals surface area (Å²) in [6.07, 6.45) is 5.65. The van der Waals surface area contributed by atoms with Crippen LogP contribution in [0.2, 0.25) is 0 Å². The largest absolute Gasteiger partial charge is 0.478 e. The highest BCUT2D eigenvalue weighted by molar-refractivity contribution is 5.88. The van der Waals surface area contributed by atoms with E-state index in [1.54, 1.807) is 0 Å². The Morgan fingerprint density at radius 1 is 1.21 bits per heavy atom. The number of hydrogen-bond acceptors (Lipinski definition) is 4. The highest BCUT2D eigenvalue weighted by atomic mass is 16.6. The molecule has 1 heterocycles. The van der Waals surface area contributed by atoms with Crippen LogP contribution in [-0.4, -0.2) is 29.1 Å². The van der Waals surface area contributed by atoms with Gasteiger partial charge in [-0.2, -0.15) is 0 Å². The molecule has 0 bridgehead atoms. The van der Waals surface area contributed by atoms with Crippen LogP contribution in [0.1, 0.15) is 36.0 Å². The van der Waals surface area contributed by atoms with Gasteiger partial charge in [0.25, 0.3) is 5.69 Å². The molecule has 1 fully saturated rings. The van der Waals surface area contributed by atoms with Gasteiger partial charge in [0.15, 0.2) is 0 Å². The van der Waals surface area contributed by atoms with E-state index in [0.29, 0.717) is 0 Å². The van der Waals surface area contributed by atoms with E-state index in [1.807, 2.05) is 0 Å². The van der Waals surface area contributed by atoms with Gasteiger partial charge < -0.3 is 10.4 Å². The maximum Gasteiger partial charge on any atom is 0.335 e. The Morgan fingerprint density at radius 2 is 1.84 bits per heavy atom. The van der Waals surface area contributed by atoms with Crippen molar-refractivity contribution in [1.29, 1.82) is 0 Å². The van der Waals surface area contributed by atoms with Gasteiger partial charge in [0, 0.05) is 12.1 Å². The van der Waals surface area contributed by atoms with Crippen LogP contribution in [0, 0.1) is 10.1 Å². The maximum atomic E-state index is 10.4. The number of hydrogen-bond donors (Lipinski definition) is 2. The summed E-state index contributed by atoms with van der Waals surface area (Å²) in [5.74, 6) is -1.17. The normalized spacial score (nSPS) is 14.7. The van der Waals surface area contributed by atoms with E-state index >= 15 is 0 Å². The van der Waals surface area contributed by atoms with Gasteiger partial charge in [0.1, 0.15) is 0 Å². The minimum Gasteiger partial charge on any atom is -0.478 e. The second-order valence-corrected chi connectivity index (χ2v) is 4.28. The molecule has 1 saturated heterocycles. The first-order valence-corrected chi connectivity index (χ1v) is 6.29. The van der Waals surface area contributed by atoms with Gasteiger partial charge >= 0.3 is 5.97 Å². The van der Waals surface area contributed by atoms with Crippen LogP contribution in [0.4, 0.5) is 5.69 Å². The van der Waals surface area contributed by atoms with Gasteiger partial charge in [-0.05, 0) is 32.0 Å². The van der Waals surface area contributed by atoms with E-state index in [0.717, 1.165) is 6.07 Å². The topological polar surface area (TPSA) is 92.5 Å². The van der Waals surface area contributed by atoms with E-state index in [2.05, 4.69) is 5.32 Å². The zero-order valence-corrected chi connectivity index (χ0v) is 10.7. The van der Waals surface area contributed by atoms with Crippen LogP contribution in [0.25, 0.3) is 0 Å². The second kappa shape index (κ2) is 8.20. The lowest BCUT2D eigenvalue weighted by molar-refractivity contribution is -0.384. The molecule has 2 N–H and O–H groups in total. The molecule has 0 atom stereocenters. The average Bonchev–Trinajstić information content (AvgIpc) is 2.71. The van der Waals surface area contributed by atoms with E-state index in [4.69, 9.17) is 5.11 Å². The molecule has 6 nitrogen and oxygen atoms in total. The van der Waals surface area contributed by atoms with Crippen LogP contribution in [0.5, 0.6) is 0 Å². The molecule has 0 aromatic heterocycles. The second-order valence-electron chi connectivity index (χ2n) is 4.28. The molecule has 1 aliphatic heterocycles. The number of benzene rings is 1. The van der Waals surface area contributed by atoms with Crippen molar-refractivity contribution >= 4 is 11.7 Å². The molecule has 0 spiro atoms. The Bertz CT molecular complexity index is 386. The molecule has 6 heteroatoms. The molecular formula is C13H18N2O4. The molecule has 2 rings (SSSR count). The van der Waals surface area contributed by atoms with Crippen LogP contribution in [-0.2, 0) is 0 Å². The number of carboxylic acids is 1. The molecule has 1 aliphatic rings. The maximum absolute atomic E-state index is 10.4. The zero-order chi connectivity index (χ0) is 14.1. The van der Waals surface area contributed by atoms with Gasteiger partial charge in [0.05, 0.1) is 10.5 Å². The summed E-state index contributed by atoms with van der Waals surface area (Å²) >= 11 is 0. The fraction of sp³-hybridized carbons (Fsp3) is 0.462. The Kier molecular flexibility index (Phi) is 6.52. The number of non-ortho nitro benzene ring substituents is 1. The van der Waals surface area contributed by atoms with E-state index in [-0.39, 0.29) is 11.3 Å². The monoisotopic (exact) mass is 266 g/mol. The third-order valence-corrected chi connectivity index (χ3v) is 2.76. The summed E-state index contributed by atoms with van der Waals surface area (Å²) < 4.78 is 0. The number of carbonyl (C=O) groups is 1. The summed E-state index contributed by atoms with van der Waals surface area (Å²) in [5.41, 5.74) is -0.292. The zero-order valence-electron chi connectivity index (χ0n) is 10.7. The van der Waals surface area contributed by atoms with Gasteiger partial charge in [-0.3, -0.25) is 10.1 Å². The SMILES string of the molecule is C1CCCNCC1.O=C(O)c1cccc([N+](=O)[O-])c1. The number of nitro groups is 1. The highest BCUT2D eigenvalue weighted by Crippen LogP contribution is 2.12. The minimum atomic E-state index is -1.17. The fourth-order valence-electron chi connectivity index (χ4n) is 1.73. The Balaban J connectivity index is 0.000000218. The van der Waals surface area contributed by atoms with Crippen molar-refractivity contribution < 1.29 is 14.8 Å². The molecule has 0 unspecified atom stereocenters. The summed E-state index contributed by atoms with van der Waals surface area (Å²) in [6, 6.07) is 4.89. The summed E-state index contributed by atoms with van der Waals surface area (Å²) in [6.45, 7) is 2.50. The number of rotatable bonds is 2. The fourth-order valence-corrected chi connectivity index (χ4v) is 1.73. The van der Waals surface area contributed by atoms with Crippen molar-refractivity contribution in [1.82, 2.24) is 5.32 Å². The van der Waals surface area contributed by atoms with Crippen molar-refractivity contribution in [2.75, 3.05) is 13.1 Å². The molecular weight excluding hydrogens is 248 g/mol. The summed E-state index contributed by atoms with van der Waals surface area (Å²) in [5, 5.41) is 22.0. The third-order valence-electron chi connectivity index (χ3n) is 2.76. The number of aromatic carboxylic acids is 1. The van der Waals surface area contributed by atoms with E-state index < -0.39 is 10.9 Å². The molecule has 0 saturated carbocycles. The molecule has 0 aliphatic carbocycles. The number of carboxylic acid groups (broad SMARTS) is 1. The number of nitrogens with one attached hydrogen (secondary N) is 1. The minimum absolute atomic E-state index is 0.0794. The lowest BCUT2D eigenvalue weighted by Gasteiger charge is -1.92. The van der Waals surface area contributed by atoms with Gasteiger partial charge in [-0.15, -0.1) is 0 Å². The van der Waals surface area contributed by atoms with Crippen molar-refractivity contribution in [2.45, 2.75) is 25.7 Å². The van der Waals surface area contributed by atoms with Crippen LogP contribution >= 0.6 is 0 Å². The first-order valence-electron chi connectivity index (χ1n) is 6.29. The molecule has 104 valence electrons. The Labute approximate surface area is 111 Å². The molecule has 19 heavy (non-hydrogen) atoms. The van der Waals surface area contributed by atoms with Gasteiger partial charge in [-0.1, -0.05) is 18.9 Å². The number of nitrogens with zero attached hydrogens (tertiary/aromatic N) is 1. The number of nitro benzene ring substituents is 1. The quantitative estimate of drug-likeness (QED) is 0.633. The van der Waals surface area contributed by atoms with Crippen molar-refractivity contribution in [3.8, 4) is 0 Å². The van der Waals surface area contributed by atoms with Crippen molar-refractivity contribution in [3.05, 3.63) is 39.9 Å². The van der Waals surface area contributed by atoms with Crippen LogP contribution < -0.4 is 5.32 Å². The summed E-state index contributed by atoms with van der Waals surface area (Å²) in [4.78, 5) is 19.9. The highest BCUT2D eigenvalue weighted by Gasteiger charge is 2.09. The lowest BCUT2D eigenvalue weighted by Crippen LogP contribution is -2.12. The standard InChI is InChI=1S/C7H5NO4.C6H13N/c9-7(10)5-2-1-3-6(4-5)8(11)12;1-2-4-6-7-5-3-1/h1-4H,(H,9,10);7H,1-6H2. The molecule has 1 aromatic rings. The van der Waals surface area contributed by atoms with E-state index in [1.165, 1.54) is 57.0 Å². The van der Waals surface area contributed by atoms with Crippen LogP contribution in [0.15, 0.2) is 24.3 Å². The van der Waals surface area contributed by atoms with Crippen molar-refractivity contribution in [3.63, 3.8) is 0 Å². The molecule has 0 amide bonds. The molecule has 0 radical (unpaired) electrons. The predicted molar refractivity (Wildman–Crippen MR) is 71.4 cm³/mol. The van der Waals surface area contributed by atoms with Crippen molar-refractivity contribution in [2.24, 2.45) is 0 Å². The Hall–Kier alpha value is -1.95. The predicted octanol–water partition coefficient (Wildman–Crippen LogP) is 2.44. The first kappa shape index (κ1) is 15.1. The molecule has 1 aromatic carbocycles. The van der Waals surface area contributed by atoms with Crippen LogP contribution in [0.3, 0.4) is 0 Å². The summed E-state index contributed by atoms with van der Waals surface area (Å²) in [7, 11) is 0. The lowest BCUT2D eigenvalue weighted by atomic mass is 10.2. The Morgan fingerprint density at radius 3 is 2.37 bits per heavy atom. The van der Waals surface area contributed by atoms with Gasteiger partial charge in [0.2, 0.25) is 0 Å². The smallest absolute Gasteiger partial charge is 0.335 e. The van der Waals surface area contributed by atoms with E-state index in [9.17, 15) is 14.9 Å². The average molecular weight is 266 g/mol. The van der Waals surface area contributed by atoms with Gasteiger partial charge in [-0.25, -0.2) is 4.79 Å². The first-order chi connectivity index (χ1) is 9.11. The third kappa shape index (κ3) is 5.96.